The number of likely N-dealkylation sites (tertiary alicyclic amines) is 2. The van der Waals surface area contributed by atoms with Crippen LogP contribution in [0.4, 0.5) is 8.78 Å². The molecule has 140 valence electrons. The minimum absolute atomic E-state index is 0.0205. The molecule has 1 spiro atoms. The fraction of sp³-hybridized carbons (Fsp3) is 0.556. The molecule has 3 heterocycles. The molecule has 4 rings (SSSR count). The molecule has 0 N–H and O–H groups in total. The number of piperidine rings is 1. The highest BCUT2D eigenvalue weighted by molar-refractivity contribution is 5.96. The van der Waals surface area contributed by atoms with Gasteiger partial charge in [0, 0.05) is 44.6 Å². The Hall–Kier alpha value is -2.06. The van der Waals surface area contributed by atoms with Crippen molar-refractivity contribution < 1.29 is 27.8 Å². The molecule has 0 saturated carbocycles. The summed E-state index contributed by atoms with van der Waals surface area (Å²) in [5, 5.41) is 0. The summed E-state index contributed by atoms with van der Waals surface area (Å²) in [7, 11) is 0. The molecule has 3 saturated heterocycles. The van der Waals surface area contributed by atoms with Gasteiger partial charge in [0.05, 0.1) is 19.1 Å². The Morgan fingerprint density at radius 3 is 2.27 bits per heavy atom. The molecule has 0 radical (unpaired) electrons. The number of rotatable bonds is 2. The van der Waals surface area contributed by atoms with Crippen molar-refractivity contribution in [2.75, 3.05) is 39.4 Å². The Bertz CT molecular complexity index is 720. The highest BCUT2D eigenvalue weighted by Gasteiger charge is 2.44. The van der Waals surface area contributed by atoms with Crippen LogP contribution >= 0.6 is 0 Å². The third-order valence-corrected chi connectivity index (χ3v) is 5.34. The Morgan fingerprint density at radius 1 is 1.00 bits per heavy atom. The summed E-state index contributed by atoms with van der Waals surface area (Å²) < 4.78 is 37.6. The SMILES string of the molecule is O=C(c1ccc(F)c(F)c1)N1CC(C(=O)N2CCC3(CC2)OCCO3)C1. The van der Waals surface area contributed by atoms with Gasteiger partial charge in [0.25, 0.3) is 5.91 Å². The maximum Gasteiger partial charge on any atom is 0.254 e. The van der Waals surface area contributed by atoms with E-state index in [9.17, 15) is 18.4 Å². The number of carbonyl (C=O) groups is 2. The van der Waals surface area contributed by atoms with Gasteiger partial charge in [-0.2, -0.15) is 0 Å². The monoisotopic (exact) mass is 366 g/mol. The zero-order chi connectivity index (χ0) is 18.3. The number of carbonyl (C=O) groups excluding carboxylic acids is 2. The van der Waals surface area contributed by atoms with Crippen molar-refractivity contribution in [1.82, 2.24) is 9.80 Å². The lowest BCUT2D eigenvalue weighted by Crippen LogP contribution is -2.58. The summed E-state index contributed by atoms with van der Waals surface area (Å²) >= 11 is 0. The van der Waals surface area contributed by atoms with Crippen LogP contribution in [0.3, 0.4) is 0 Å². The van der Waals surface area contributed by atoms with Crippen LogP contribution in [0.5, 0.6) is 0 Å². The molecule has 1 aromatic carbocycles. The second kappa shape index (κ2) is 6.59. The average Bonchev–Trinajstić information content (AvgIpc) is 3.04. The van der Waals surface area contributed by atoms with E-state index >= 15 is 0 Å². The second-order valence-electron chi connectivity index (χ2n) is 6.97. The van der Waals surface area contributed by atoms with Crippen LogP contribution in [-0.2, 0) is 14.3 Å². The van der Waals surface area contributed by atoms with E-state index in [1.54, 1.807) is 4.90 Å². The smallest absolute Gasteiger partial charge is 0.254 e. The Balaban J connectivity index is 1.29. The first-order valence-electron chi connectivity index (χ1n) is 8.78. The minimum Gasteiger partial charge on any atom is -0.347 e. The van der Waals surface area contributed by atoms with Crippen LogP contribution in [0, 0.1) is 17.6 Å². The number of nitrogens with zero attached hydrogens (tertiary/aromatic N) is 2. The number of halogens is 2. The van der Waals surface area contributed by atoms with Crippen molar-refractivity contribution in [3.63, 3.8) is 0 Å². The molecule has 0 aromatic heterocycles. The summed E-state index contributed by atoms with van der Waals surface area (Å²) in [5.41, 5.74) is 0.0882. The van der Waals surface area contributed by atoms with Crippen molar-refractivity contribution in [3.8, 4) is 0 Å². The highest BCUT2D eigenvalue weighted by atomic mass is 19.2. The van der Waals surface area contributed by atoms with Gasteiger partial charge < -0.3 is 19.3 Å². The van der Waals surface area contributed by atoms with Crippen molar-refractivity contribution in [1.29, 1.82) is 0 Å². The molecule has 3 fully saturated rings. The molecular weight excluding hydrogens is 346 g/mol. The molecule has 0 bridgehead atoms. The number of benzene rings is 1. The predicted molar refractivity (Wildman–Crippen MR) is 86.2 cm³/mol. The van der Waals surface area contributed by atoms with Crippen molar-refractivity contribution in [2.45, 2.75) is 18.6 Å². The highest BCUT2D eigenvalue weighted by Crippen LogP contribution is 2.32. The normalized spacial score (nSPS) is 22.5. The van der Waals surface area contributed by atoms with Crippen molar-refractivity contribution >= 4 is 11.8 Å². The van der Waals surface area contributed by atoms with Gasteiger partial charge in [-0.3, -0.25) is 9.59 Å². The van der Waals surface area contributed by atoms with Gasteiger partial charge in [-0.25, -0.2) is 8.78 Å². The number of hydrogen-bond donors (Lipinski definition) is 0. The summed E-state index contributed by atoms with van der Waals surface area (Å²) in [6, 6.07) is 3.07. The maximum absolute atomic E-state index is 13.3. The van der Waals surface area contributed by atoms with E-state index in [2.05, 4.69) is 0 Å². The Labute approximate surface area is 149 Å². The Kier molecular flexibility index (Phi) is 4.40. The van der Waals surface area contributed by atoms with Gasteiger partial charge in [0.15, 0.2) is 17.4 Å². The Morgan fingerprint density at radius 2 is 1.65 bits per heavy atom. The summed E-state index contributed by atoms with van der Waals surface area (Å²) in [6.07, 6.45) is 1.31. The first-order valence-corrected chi connectivity index (χ1v) is 8.78. The zero-order valence-corrected chi connectivity index (χ0v) is 14.2. The summed E-state index contributed by atoms with van der Waals surface area (Å²) in [5.74, 6) is -3.18. The van der Waals surface area contributed by atoms with Crippen LogP contribution in [0.1, 0.15) is 23.2 Å². The topological polar surface area (TPSA) is 59.1 Å². The van der Waals surface area contributed by atoms with Crippen LogP contribution in [0.15, 0.2) is 18.2 Å². The van der Waals surface area contributed by atoms with Gasteiger partial charge in [0.2, 0.25) is 5.91 Å². The molecule has 2 amide bonds. The lowest BCUT2D eigenvalue weighted by molar-refractivity contribution is -0.189. The number of hydrogen-bond acceptors (Lipinski definition) is 4. The zero-order valence-electron chi connectivity index (χ0n) is 14.2. The number of amides is 2. The van der Waals surface area contributed by atoms with Gasteiger partial charge in [-0.1, -0.05) is 0 Å². The standard InChI is InChI=1S/C18H20F2N2O4/c19-14-2-1-12(9-15(14)20)16(23)22-10-13(11-22)17(24)21-5-3-18(4-6-21)25-7-8-26-18/h1-2,9,13H,3-8,10-11H2. The molecule has 3 aliphatic rings. The second-order valence-corrected chi connectivity index (χ2v) is 6.97. The minimum atomic E-state index is -1.05. The molecule has 3 aliphatic heterocycles. The molecule has 8 heteroatoms. The molecule has 1 aromatic rings. The largest absolute Gasteiger partial charge is 0.347 e. The van der Waals surface area contributed by atoms with Crippen LogP contribution in [0.25, 0.3) is 0 Å². The molecular formula is C18H20F2N2O4. The van der Waals surface area contributed by atoms with E-state index in [0.717, 1.165) is 12.1 Å². The van der Waals surface area contributed by atoms with E-state index in [1.165, 1.54) is 11.0 Å². The lowest BCUT2D eigenvalue weighted by atomic mass is 9.95. The first kappa shape index (κ1) is 17.4. The predicted octanol–water partition coefficient (Wildman–Crippen LogP) is 1.40. The van der Waals surface area contributed by atoms with Crippen molar-refractivity contribution in [3.05, 3.63) is 35.4 Å². The molecule has 0 atom stereocenters. The van der Waals surface area contributed by atoms with Crippen LogP contribution < -0.4 is 0 Å². The number of ether oxygens (including phenoxy) is 2. The van der Waals surface area contributed by atoms with E-state index in [0.29, 0.717) is 52.2 Å². The van der Waals surface area contributed by atoms with Gasteiger partial charge >= 0.3 is 0 Å². The quantitative estimate of drug-likeness (QED) is 0.794. The molecule has 0 unspecified atom stereocenters. The third kappa shape index (κ3) is 3.07. The fourth-order valence-corrected chi connectivity index (χ4v) is 3.72. The lowest BCUT2D eigenvalue weighted by Gasteiger charge is -2.43. The van der Waals surface area contributed by atoms with Crippen LogP contribution in [-0.4, -0.2) is 66.8 Å². The van der Waals surface area contributed by atoms with E-state index in [-0.39, 0.29) is 17.4 Å². The van der Waals surface area contributed by atoms with Crippen molar-refractivity contribution in [2.24, 2.45) is 5.92 Å². The van der Waals surface area contributed by atoms with Gasteiger partial charge in [0.1, 0.15) is 0 Å². The third-order valence-electron chi connectivity index (χ3n) is 5.34. The van der Waals surface area contributed by atoms with Crippen LogP contribution in [0.2, 0.25) is 0 Å². The average molecular weight is 366 g/mol. The van der Waals surface area contributed by atoms with E-state index in [4.69, 9.17) is 9.47 Å². The summed E-state index contributed by atoms with van der Waals surface area (Å²) in [4.78, 5) is 28.1. The van der Waals surface area contributed by atoms with Gasteiger partial charge in [-0.05, 0) is 18.2 Å². The molecule has 6 nitrogen and oxygen atoms in total. The fourth-order valence-electron chi connectivity index (χ4n) is 3.72. The van der Waals surface area contributed by atoms with E-state index in [1.807, 2.05) is 0 Å². The summed E-state index contributed by atoms with van der Waals surface area (Å²) in [6.45, 7) is 2.94. The van der Waals surface area contributed by atoms with Gasteiger partial charge in [-0.15, -0.1) is 0 Å². The first-order chi connectivity index (χ1) is 12.5. The maximum atomic E-state index is 13.3. The molecule has 0 aliphatic carbocycles. The molecule has 26 heavy (non-hydrogen) atoms. The van der Waals surface area contributed by atoms with E-state index < -0.39 is 23.3 Å².